The van der Waals surface area contributed by atoms with Gasteiger partial charge >= 0.3 is 0 Å². The molecule has 0 aromatic heterocycles. The standard InChI is InChI=1S/C21H31N3O2/c1-3-16-4-5-19-18(14-16)21(15-22-19)8-12-23(13-9-21)17-6-10-24(11-7-17)20(25)26-2/h3-5,14,17,20,22,25H,1,6-13,15H2,2H3. The number of fused-ring (bicyclic) bond motifs is 2. The predicted molar refractivity (Wildman–Crippen MR) is 105 cm³/mol. The van der Waals surface area contributed by atoms with Crippen LogP contribution in [0, 0.1) is 0 Å². The van der Waals surface area contributed by atoms with Crippen LogP contribution in [0.3, 0.4) is 0 Å². The molecule has 3 aliphatic rings. The molecule has 142 valence electrons. The summed E-state index contributed by atoms with van der Waals surface area (Å²) >= 11 is 0. The van der Waals surface area contributed by atoms with Gasteiger partial charge in [-0.2, -0.15) is 0 Å². The van der Waals surface area contributed by atoms with Crippen LogP contribution >= 0.6 is 0 Å². The summed E-state index contributed by atoms with van der Waals surface area (Å²) in [5, 5.41) is 13.5. The van der Waals surface area contributed by atoms with Gasteiger partial charge in [-0.15, -0.1) is 0 Å². The molecule has 0 saturated carbocycles. The monoisotopic (exact) mass is 357 g/mol. The van der Waals surface area contributed by atoms with Crippen molar-refractivity contribution in [1.82, 2.24) is 9.80 Å². The van der Waals surface area contributed by atoms with Crippen molar-refractivity contribution in [3.05, 3.63) is 35.9 Å². The Morgan fingerprint density at radius 3 is 2.65 bits per heavy atom. The first-order chi connectivity index (χ1) is 12.6. The summed E-state index contributed by atoms with van der Waals surface area (Å²) in [5.74, 6) is 0. The number of aliphatic hydroxyl groups excluding tert-OH is 1. The number of hydrogen-bond acceptors (Lipinski definition) is 5. The number of nitrogens with zero attached hydrogens (tertiary/aromatic N) is 2. The predicted octanol–water partition coefficient (Wildman–Crippen LogP) is 2.48. The average Bonchev–Trinajstić information content (AvgIpc) is 3.05. The Morgan fingerprint density at radius 2 is 2.00 bits per heavy atom. The maximum absolute atomic E-state index is 9.83. The van der Waals surface area contributed by atoms with E-state index in [0.717, 1.165) is 45.6 Å². The molecule has 0 radical (unpaired) electrons. The number of anilines is 1. The van der Waals surface area contributed by atoms with E-state index in [2.05, 4.69) is 35.0 Å². The first-order valence-corrected chi connectivity index (χ1v) is 9.85. The molecule has 4 rings (SSSR count). The summed E-state index contributed by atoms with van der Waals surface area (Å²) in [5.41, 5.74) is 4.31. The average molecular weight is 357 g/mol. The molecule has 2 N–H and O–H groups in total. The maximum atomic E-state index is 9.83. The first kappa shape index (κ1) is 18.0. The fourth-order valence-electron chi connectivity index (χ4n) is 5.03. The number of rotatable bonds is 4. The lowest BCUT2D eigenvalue weighted by atomic mass is 9.73. The van der Waals surface area contributed by atoms with E-state index in [1.807, 2.05) is 11.0 Å². The van der Waals surface area contributed by atoms with Crippen molar-refractivity contribution in [3.8, 4) is 0 Å². The zero-order chi connectivity index (χ0) is 18.1. The Bertz CT molecular complexity index is 647. The number of likely N-dealkylation sites (tertiary alicyclic amines) is 2. The molecule has 1 atom stereocenters. The van der Waals surface area contributed by atoms with Gasteiger partial charge in [-0.3, -0.25) is 4.90 Å². The van der Waals surface area contributed by atoms with Crippen LogP contribution < -0.4 is 5.32 Å². The second-order valence-electron chi connectivity index (χ2n) is 8.01. The lowest BCUT2D eigenvalue weighted by Gasteiger charge is -2.45. The summed E-state index contributed by atoms with van der Waals surface area (Å²) in [6.45, 7) is 9.14. The third-order valence-corrected chi connectivity index (χ3v) is 6.76. The van der Waals surface area contributed by atoms with Gasteiger partial charge in [0.15, 0.2) is 0 Å². The number of piperidine rings is 2. The second kappa shape index (κ2) is 7.31. The second-order valence-corrected chi connectivity index (χ2v) is 8.01. The van der Waals surface area contributed by atoms with Crippen LogP contribution in [0.2, 0.25) is 0 Å². The van der Waals surface area contributed by atoms with E-state index in [-0.39, 0.29) is 5.41 Å². The van der Waals surface area contributed by atoms with E-state index in [0.29, 0.717) is 6.04 Å². The summed E-state index contributed by atoms with van der Waals surface area (Å²) < 4.78 is 5.04. The van der Waals surface area contributed by atoms with E-state index in [4.69, 9.17) is 4.74 Å². The molecule has 0 bridgehead atoms. The summed E-state index contributed by atoms with van der Waals surface area (Å²) in [7, 11) is 1.56. The van der Waals surface area contributed by atoms with E-state index >= 15 is 0 Å². The van der Waals surface area contributed by atoms with E-state index < -0.39 is 6.41 Å². The molecule has 5 heteroatoms. The van der Waals surface area contributed by atoms with Crippen molar-refractivity contribution in [3.63, 3.8) is 0 Å². The van der Waals surface area contributed by atoms with Crippen molar-refractivity contribution >= 4 is 11.8 Å². The van der Waals surface area contributed by atoms with Crippen LogP contribution in [0.1, 0.15) is 36.8 Å². The Labute approximate surface area is 156 Å². The minimum atomic E-state index is -0.749. The Balaban J connectivity index is 1.38. The van der Waals surface area contributed by atoms with Crippen LogP contribution in [0.25, 0.3) is 6.08 Å². The molecule has 0 amide bonds. The lowest BCUT2D eigenvalue weighted by Crippen LogP contribution is -2.52. The van der Waals surface area contributed by atoms with Gasteiger partial charge < -0.3 is 20.1 Å². The van der Waals surface area contributed by atoms with Crippen molar-refractivity contribution in [1.29, 1.82) is 0 Å². The molecule has 26 heavy (non-hydrogen) atoms. The van der Waals surface area contributed by atoms with Crippen LogP contribution in [-0.4, -0.2) is 67.2 Å². The van der Waals surface area contributed by atoms with Gasteiger partial charge in [0.1, 0.15) is 0 Å². The SMILES string of the molecule is C=Cc1ccc2c(c1)C1(CCN(C3CCN(C(O)OC)CC3)CC1)CN2. The minimum Gasteiger partial charge on any atom is -0.384 e. The molecule has 2 fully saturated rings. The van der Waals surface area contributed by atoms with Gasteiger partial charge in [-0.05, 0) is 62.0 Å². The highest BCUT2D eigenvalue weighted by molar-refractivity contribution is 5.65. The number of hydrogen-bond donors (Lipinski definition) is 2. The molecule has 1 aromatic rings. The van der Waals surface area contributed by atoms with E-state index in [1.165, 1.54) is 29.7 Å². The molecule has 5 nitrogen and oxygen atoms in total. The van der Waals surface area contributed by atoms with Gasteiger partial charge in [0.2, 0.25) is 6.41 Å². The molecule has 0 aliphatic carbocycles. The fraction of sp³-hybridized carbons (Fsp3) is 0.619. The van der Waals surface area contributed by atoms with Crippen LogP contribution in [0.5, 0.6) is 0 Å². The van der Waals surface area contributed by atoms with Gasteiger partial charge in [-0.25, -0.2) is 0 Å². The number of ether oxygens (including phenoxy) is 1. The first-order valence-electron chi connectivity index (χ1n) is 9.85. The third-order valence-electron chi connectivity index (χ3n) is 6.76. The smallest absolute Gasteiger partial charge is 0.215 e. The highest BCUT2D eigenvalue weighted by Crippen LogP contribution is 2.45. The van der Waals surface area contributed by atoms with Gasteiger partial charge in [0.25, 0.3) is 0 Å². The third kappa shape index (κ3) is 3.18. The summed E-state index contributed by atoms with van der Waals surface area (Å²) in [6.07, 6.45) is 5.86. The largest absolute Gasteiger partial charge is 0.384 e. The lowest BCUT2D eigenvalue weighted by molar-refractivity contribution is -0.184. The Hall–Kier alpha value is -1.40. The van der Waals surface area contributed by atoms with Crippen molar-refractivity contribution < 1.29 is 9.84 Å². The molecular formula is C21H31N3O2. The van der Waals surface area contributed by atoms with Crippen molar-refractivity contribution in [2.24, 2.45) is 0 Å². The molecule has 2 saturated heterocycles. The quantitative estimate of drug-likeness (QED) is 0.811. The zero-order valence-corrected chi connectivity index (χ0v) is 15.8. The van der Waals surface area contributed by atoms with Crippen LogP contribution in [0.4, 0.5) is 5.69 Å². The highest BCUT2D eigenvalue weighted by atomic mass is 16.6. The molecule has 3 aliphatic heterocycles. The molecule has 1 unspecified atom stereocenters. The van der Waals surface area contributed by atoms with Gasteiger partial charge in [-0.1, -0.05) is 18.7 Å². The molecule has 1 aromatic carbocycles. The fourth-order valence-corrected chi connectivity index (χ4v) is 5.03. The van der Waals surface area contributed by atoms with E-state index in [1.54, 1.807) is 7.11 Å². The number of nitrogens with one attached hydrogen (secondary N) is 1. The normalized spacial score (nSPS) is 25.0. The topological polar surface area (TPSA) is 48.0 Å². The van der Waals surface area contributed by atoms with Crippen molar-refractivity contribution in [2.75, 3.05) is 45.2 Å². The maximum Gasteiger partial charge on any atom is 0.215 e. The summed E-state index contributed by atoms with van der Waals surface area (Å²) in [6, 6.07) is 7.34. The van der Waals surface area contributed by atoms with Crippen LogP contribution in [0.15, 0.2) is 24.8 Å². The van der Waals surface area contributed by atoms with E-state index in [9.17, 15) is 5.11 Å². The zero-order valence-electron chi connectivity index (χ0n) is 15.8. The molecular weight excluding hydrogens is 326 g/mol. The minimum absolute atomic E-state index is 0.289. The van der Waals surface area contributed by atoms with Crippen molar-refractivity contribution in [2.45, 2.75) is 43.6 Å². The highest BCUT2D eigenvalue weighted by Gasteiger charge is 2.42. The van der Waals surface area contributed by atoms with Gasteiger partial charge in [0.05, 0.1) is 0 Å². The Morgan fingerprint density at radius 1 is 1.27 bits per heavy atom. The Kier molecular flexibility index (Phi) is 5.06. The number of benzene rings is 1. The number of methoxy groups -OCH3 is 1. The number of aliphatic hydroxyl groups is 1. The molecule has 3 heterocycles. The van der Waals surface area contributed by atoms with Gasteiger partial charge in [0, 0.05) is 43.9 Å². The summed E-state index contributed by atoms with van der Waals surface area (Å²) in [4.78, 5) is 4.70. The molecule has 1 spiro atoms. The van der Waals surface area contributed by atoms with Crippen LogP contribution in [-0.2, 0) is 10.2 Å².